The van der Waals surface area contributed by atoms with E-state index < -0.39 is 0 Å². The first-order chi connectivity index (χ1) is 13.1. The van der Waals surface area contributed by atoms with E-state index >= 15 is 0 Å². The third-order valence-corrected chi connectivity index (χ3v) is 4.36. The predicted molar refractivity (Wildman–Crippen MR) is 110 cm³/mol. The zero-order chi connectivity index (χ0) is 19.2. The molecular formula is C22H24N4O. The summed E-state index contributed by atoms with van der Waals surface area (Å²) < 4.78 is 0. The minimum Gasteiger partial charge on any atom is -0.322 e. The van der Waals surface area contributed by atoms with E-state index in [1.165, 1.54) is 5.56 Å². The van der Waals surface area contributed by atoms with Gasteiger partial charge < -0.3 is 10.2 Å². The number of amides is 1. The Hall–Kier alpha value is -3.21. The van der Waals surface area contributed by atoms with Gasteiger partial charge in [-0.3, -0.25) is 4.79 Å². The molecule has 0 aliphatic heterocycles. The predicted octanol–water partition coefficient (Wildman–Crippen LogP) is 5.01. The van der Waals surface area contributed by atoms with Crippen LogP contribution < -0.4 is 10.2 Å². The average molecular weight is 360 g/mol. The lowest BCUT2D eigenvalue weighted by atomic mass is 10.0. The average Bonchev–Trinajstić information content (AvgIpc) is 2.70. The van der Waals surface area contributed by atoms with E-state index in [1.54, 1.807) is 12.4 Å². The molecule has 5 nitrogen and oxygen atoms in total. The van der Waals surface area contributed by atoms with E-state index in [0.717, 1.165) is 17.9 Å². The number of rotatable bonds is 6. The van der Waals surface area contributed by atoms with Crippen molar-refractivity contribution < 1.29 is 4.79 Å². The van der Waals surface area contributed by atoms with E-state index in [4.69, 9.17) is 0 Å². The maximum atomic E-state index is 12.4. The molecule has 0 unspecified atom stereocenters. The van der Waals surface area contributed by atoms with Crippen LogP contribution in [0.2, 0.25) is 0 Å². The van der Waals surface area contributed by atoms with Crippen LogP contribution in [0.4, 0.5) is 17.3 Å². The van der Waals surface area contributed by atoms with Gasteiger partial charge in [0.15, 0.2) is 0 Å². The highest BCUT2D eigenvalue weighted by Gasteiger charge is 2.12. The highest BCUT2D eigenvalue weighted by atomic mass is 16.1. The van der Waals surface area contributed by atoms with Crippen LogP contribution in [0.5, 0.6) is 0 Å². The fourth-order valence-corrected chi connectivity index (χ4v) is 2.78. The molecule has 0 radical (unpaired) electrons. The van der Waals surface area contributed by atoms with Crippen molar-refractivity contribution in [1.82, 2.24) is 9.97 Å². The molecule has 27 heavy (non-hydrogen) atoms. The summed E-state index contributed by atoms with van der Waals surface area (Å²) in [7, 11) is 0. The maximum absolute atomic E-state index is 12.4. The molecule has 2 aromatic carbocycles. The third-order valence-electron chi connectivity index (χ3n) is 4.36. The zero-order valence-electron chi connectivity index (χ0n) is 15.9. The Morgan fingerprint density at radius 2 is 1.63 bits per heavy atom. The second-order valence-corrected chi connectivity index (χ2v) is 6.58. The quantitative estimate of drug-likeness (QED) is 0.671. The van der Waals surface area contributed by atoms with E-state index in [9.17, 15) is 4.79 Å². The Morgan fingerprint density at radius 3 is 2.19 bits per heavy atom. The van der Waals surface area contributed by atoms with Crippen molar-refractivity contribution >= 4 is 23.2 Å². The Bertz CT molecular complexity index is 874. The number of anilines is 3. The molecular weight excluding hydrogens is 336 g/mol. The van der Waals surface area contributed by atoms with Crippen LogP contribution in [0, 0.1) is 0 Å². The van der Waals surface area contributed by atoms with Crippen LogP contribution in [0.15, 0.2) is 67.0 Å². The first-order valence-corrected chi connectivity index (χ1v) is 9.14. The van der Waals surface area contributed by atoms with Crippen LogP contribution in [0.25, 0.3) is 0 Å². The summed E-state index contributed by atoms with van der Waals surface area (Å²) in [5.74, 6) is 0.810. The highest BCUT2D eigenvalue weighted by Crippen LogP contribution is 2.21. The van der Waals surface area contributed by atoms with Crippen molar-refractivity contribution in [2.24, 2.45) is 0 Å². The highest BCUT2D eigenvalue weighted by molar-refractivity contribution is 6.03. The summed E-state index contributed by atoms with van der Waals surface area (Å²) in [6.45, 7) is 7.05. The lowest BCUT2D eigenvalue weighted by Gasteiger charge is -2.20. The number of hydrogen-bond donors (Lipinski definition) is 1. The standard InChI is InChI=1S/C22H24N4O/c1-4-26(20-8-6-5-7-9-20)22-23-14-18(15-24-22)21(27)25-19-12-10-17(11-13-19)16(2)3/h5-16H,4H2,1-3H3,(H,25,27). The molecule has 3 rings (SSSR count). The Kier molecular flexibility index (Phi) is 5.81. The summed E-state index contributed by atoms with van der Waals surface area (Å²) in [4.78, 5) is 23.2. The van der Waals surface area contributed by atoms with Gasteiger partial charge in [-0.25, -0.2) is 9.97 Å². The Balaban J connectivity index is 1.71. The number of carbonyl (C=O) groups is 1. The molecule has 138 valence electrons. The number of hydrogen-bond acceptors (Lipinski definition) is 4. The molecule has 3 aromatic rings. The van der Waals surface area contributed by atoms with Crippen molar-refractivity contribution in [3.63, 3.8) is 0 Å². The molecule has 0 atom stereocenters. The smallest absolute Gasteiger partial charge is 0.258 e. The van der Waals surface area contributed by atoms with Gasteiger partial charge in [0.25, 0.3) is 5.91 Å². The molecule has 1 N–H and O–H groups in total. The van der Waals surface area contributed by atoms with E-state index in [0.29, 0.717) is 17.4 Å². The van der Waals surface area contributed by atoms with E-state index in [-0.39, 0.29) is 5.91 Å². The van der Waals surface area contributed by atoms with Gasteiger partial charge in [0.1, 0.15) is 0 Å². The summed E-state index contributed by atoms with van der Waals surface area (Å²) in [5.41, 5.74) is 3.44. The van der Waals surface area contributed by atoms with Crippen molar-refractivity contribution in [3.8, 4) is 0 Å². The minimum atomic E-state index is -0.221. The lowest BCUT2D eigenvalue weighted by molar-refractivity contribution is 0.102. The SMILES string of the molecule is CCN(c1ccccc1)c1ncc(C(=O)Nc2ccc(C(C)C)cc2)cn1. The van der Waals surface area contributed by atoms with Gasteiger partial charge in [0.2, 0.25) is 5.95 Å². The molecule has 1 heterocycles. The molecule has 0 aliphatic rings. The van der Waals surface area contributed by atoms with Gasteiger partial charge in [-0.1, -0.05) is 44.2 Å². The number of benzene rings is 2. The lowest BCUT2D eigenvalue weighted by Crippen LogP contribution is -2.20. The third kappa shape index (κ3) is 4.50. The Labute approximate surface area is 160 Å². The first kappa shape index (κ1) is 18.6. The molecule has 0 spiro atoms. The van der Waals surface area contributed by atoms with Crippen molar-refractivity contribution in [2.45, 2.75) is 26.7 Å². The van der Waals surface area contributed by atoms with Gasteiger partial charge in [-0.05, 0) is 42.7 Å². The molecule has 5 heteroatoms. The van der Waals surface area contributed by atoms with Crippen LogP contribution in [-0.4, -0.2) is 22.4 Å². The van der Waals surface area contributed by atoms with E-state index in [2.05, 4.69) is 29.1 Å². The largest absolute Gasteiger partial charge is 0.322 e. The molecule has 0 fully saturated rings. The summed E-state index contributed by atoms with van der Waals surface area (Å²) in [6.07, 6.45) is 3.12. The number of para-hydroxylation sites is 1. The topological polar surface area (TPSA) is 58.1 Å². The number of nitrogens with zero attached hydrogens (tertiary/aromatic N) is 3. The van der Waals surface area contributed by atoms with Gasteiger partial charge >= 0.3 is 0 Å². The molecule has 1 aromatic heterocycles. The van der Waals surface area contributed by atoms with Crippen LogP contribution in [0.1, 0.15) is 42.6 Å². The van der Waals surface area contributed by atoms with Crippen molar-refractivity contribution in [3.05, 3.63) is 78.1 Å². The van der Waals surface area contributed by atoms with Crippen molar-refractivity contribution in [2.75, 3.05) is 16.8 Å². The fraction of sp³-hybridized carbons (Fsp3) is 0.227. The summed E-state index contributed by atoms with van der Waals surface area (Å²) in [5, 5.41) is 2.89. The van der Waals surface area contributed by atoms with Gasteiger partial charge in [-0.2, -0.15) is 0 Å². The van der Waals surface area contributed by atoms with Gasteiger partial charge in [-0.15, -0.1) is 0 Å². The first-order valence-electron chi connectivity index (χ1n) is 9.14. The molecule has 1 amide bonds. The van der Waals surface area contributed by atoms with Gasteiger partial charge in [0.05, 0.1) is 5.56 Å². The number of nitrogens with one attached hydrogen (secondary N) is 1. The van der Waals surface area contributed by atoms with Crippen LogP contribution in [-0.2, 0) is 0 Å². The summed E-state index contributed by atoms with van der Waals surface area (Å²) in [6, 6.07) is 17.8. The molecule has 0 saturated carbocycles. The normalized spacial score (nSPS) is 10.7. The second kappa shape index (κ2) is 8.45. The van der Waals surface area contributed by atoms with Gasteiger partial charge in [0, 0.05) is 30.3 Å². The molecule has 0 bridgehead atoms. The number of carbonyl (C=O) groups excluding carboxylic acids is 1. The molecule has 0 aliphatic carbocycles. The zero-order valence-corrected chi connectivity index (χ0v) is 15.9. The van der Waals surface area contributed by atoms with Crippen LogP contribution >= 0.6 is 0 Å². The summed E-state index contributed by atoms with van der Waals surface area (Å²) >= 11 is 0. The maximum Gasteiger partial charge on any atom is 0.258 e. The fourth-order valence-electron chi connectivity index (χ4n) is 2.78. The minimum absolute atomic E-state index is 0.221. The van der Waals surface area contributed by atoms with Crippen LogP contribution in [0.3, 0.4) is 0 Å². The molecule has 0 saturated heterocycles. The Morgan fingerprint density at radius 1 is 1.00 bits per heavy atom. The second-order valence-electron chi connectivity index (χ2n) is 6.58. The van der Waals surface area contributed by atoms with E-state index in [1.807, 2.05) is 66.4 Å². The monoisotopic (exact) mass is 360 g/mol. The van der Waals surface area contributed by atoms with Crippen molar-refractivity contribution in [1.29, 1.82) is 0 Å². The number of aromatic nitrogens is 2.